The number of carbonyl (C=O) groups is 3. The molecule has 0 aromatic rings. The van der Waals surface area contributed by atoms with Crippen molar-refractivity contribution >= 4 is 17.8 Å². The van der Waals surface area contributed by atoms with E-state index in [-0.39, 0.29) is 24.3 Å². The monoisotopic (exact) mass is 454 g/mol. The Hall–Kier alpha value is -1.93. The van der Waals surface area contributed by atoms with Crippen molar-refractivity contribution < 1.29 is 29.0 Å². The summed E-state index contributed by atoms with van der Waals surface area (Å²) in [6.45, 7) is 18.1. The third-order valence-electron chi connectivity index (χ3n) is 5.41. The number of nitrogens with one attached hydrogen (secondary N) is 1. The molecule has 1 rings (SSSR count). The van der Waals surface area contributed by atoms with Gasteiger partial charge in [0, 0.05) is 19.4 Å². The Balaban J connectivity index is 3.35. The lowest BCUT2D eigenvalue weighted by atomic mass is 9.95. The Labute approximate surface area is 192 Å². The van der Waals surface area contributed by atoms with Crippen LogP contribution in [-0.4, -0.2) is 70.3 Å². The average Bonchev–Trinajstić information content (AvgIpc) is 3.00. The van der Waals surface area contributed by atoms with Crippen molar-refractivity contribution in [1.82, 2.24) is 10.2 Å². The topological polar surface area (TPSA) is 105 Å². The summed E-state index contributed by atoms with van der Waals surface area (Å²) in [5.74, 6) is -1.58. The van der Waals surface area contributed by atoms with Crippen molar-refractivity contribution in [3.63, 3.8) is 0 Å². The van der Waals surface area contributed by atoms with Crippen LogP contribution in [0, 0.1) is 11.8 Å². The molecule has 2 unspecified atom stereocenters. The van der Waals surface area contributed by atoms with Crippen molar-refractivity contribution in [1.29, 1.82) is 0 Å². The normalized spacial score (nSPS) is 23.8. The fraction of sp³-hybridized carbons (Fsp3) is 0.792. The van der Waals surface area contributed by atoms with Crippen LogP contribution in [0.25, 0.3) is 0 Å². The first kappa shape index (κ1) is 28.1. The van der Waals surface area contributed by atoms with Crippen LogP contribution in [0.5, 0.6) is 0 Å². The van der Waals surface area contributed by atoms with Gasteiger partial charge in [0.1, 0.15) is 23.3 Å². The summed E-state index contributed by atoms with van der Waals surface area (Å²) in [5, 5.41) is 12.6. The summed E-state index contributed by atoms with van der Waals surface area (Å²) >= 11 is 0. The van der Waals surface area contributed by atoms with E-state index in [0.29, 0.717) is 19.4 Å². The van der Waals surface area contributed by atoms with Gasteiger partial charge in [-0.25, -0.2) is 0 Å². The largest absolute Gasteiger partial charge is 0.459 e. The van der Waals surface area contributed by atoms with Crippen LogP contribution in [0.4, 0.5) is 0 Å². The van der Waals surface area contributed by atoms with Crippen molar-refractivity contribution in [3.05, 3.63) is 12.7 Å². The number of likely N-dealkylation sites (tertiary alicyclic amines) is 1. The molecule has 1 fully saturated rings. The first-order chi connectivity index (χ1) is 14.6. The molecule has 0 radical (unpaired) electrons. The number of hydrogen-bond acceptors (Lipinski definition) is 7. The third-order valence-corrected chi connectivity index (χ3v) is 5.41. The van der Waals surface area contributed by atoms with Crippen LogP contribution >= 0.6 is 0 Å². The van der Waals surface area contributed by atoms with E-state index in [4.69, 9.17) is 9.47 Å². The maximum absolute atomic E-state index is 13.2. The lowest BCUT2D eigenvalue weighted by Gasteiger charge is -2.36. The Morgan fingerprint density at radius 1 is 1.12 bits per heavy atom. The van der Waals surface area contributed by atoms with Gasteiger partial charge in [0.05, 0.1) is 12.6 Å². The zero-order valence-corrected chi connectivity index (χ0v) is 20.9. The molecule has 1 saturated heterocycles. The minimum absolute atomic E-state index is 0.192. The molecule has 0 aromatic carbocycles. The fourth-order valence-corrected chi connectivity index (χ4v) is 4.09. The van der Waals surface area contributed by atoms with Gasteiger partial charge in [-0.3, -0.25) is 19.3 Å². The van der Waals surface area contributed by atoms with Crippen molar-refractivity contribution in [2.24, 2.45) is 11.8 Å². The maximum atomic E-state index is 13.2. The van der Waals surface area contributed by atoms with E-state index in [1.165, 1.54) is 6.92 Å². The van der Waals surface area contributed by atoms with E-state index in [9.17, 15) is 19.5 Å². The summed E-state index contributed by atoms with van der Waals surface area (Å²) in [7, 11) is 0. The Bertz CT molecular complexity index is 679. The molecule has 5 atom stereocenters. The molecule has 1 amide bonds. The molecule has 1 aliphatic heterocycles. The molecule has 1 heterocycles. The van der Waals surface area contributed by atoms with Gasteiger partial charge in [-0.15, -0.1) is 6.58 Å². The number of carbonyl (C=O) groups excluding carboxylic acids is 3. The van der Waals surface area contributed by atoms with Gasteiger partial charge in [-0.2, -0.15) is 0 Å². The van der Waals surface area contributed by atoms with Gasteiger partial charge in [0.15, 0.2) is 0 Å². The van der Waals surface area contributed by atoms with Gasteiger partial charge in [0.2, 0.25) is 5.91 Å². The number of rotatable bonds is 9. The zero-order chi connectivity index (χ0) is 24.9. The summed E-state index contributed by atoms with van der Waals surface area (Å²) < 4.78 is 11.3. The number of amides is 1. The highest BCUT2D eigenvalue weighted by molar-refractivity contribution is 5.82. The molecule has 8 nitrogen and oxygen atoms in total. The van der Waals surface area contributed by atoms with Gasteiger partial charge in [-0.05, 0) is 53.9 Å². The number of ether oxygens (including phenoxy) is 2. The lowest BCUT2D eigenvalue weighted by molar-refractivity contribution is -0.166. The van der Waals surface area contributed by atoms with E-state index in [0.717, 1.165) is 0 Å². The standard InChI is InChI=1S/C24H42N2O6/c1-10-16-12-19(21(29)31-23(4,5)6)26(20(16)22(30)32-24(7,8)9)13-17(11-2)18(14-27)25-15(3)28/h10,16-20,27H,1,11-14H2,2-9H3,(H,25,28)/t16-,17?,18?,19-,20-/m1/s1. The van der Waals surface area contributed by atoms with Gasteiger partial charge >= 0.3 is 11.9 Å². The van der Waals surface area contributed by atoms with Gasteiger partial charge < -0.3 is 19.9 Å². The zero-order valence-electron chi connectivity index (χ0n) is 20.9. The molecule has 0 saturated carbocycles. The Morgan fingerprint density at radius 3 is 2.06 bits per heavy atom. The highest BCUT2D eigenvalue weighted by atomic mass is 16.6. The van der Waals surface area contributed by atoms with E-state index in [1.807, 2.05) is 11.8 Å². The second kappa shape index (κ2) is 11.3. The van der Waals surface area contributed by atoms with Crippen molar-refractivity contribution in [3.8, 4) is 0 Å². The number of esters is 2. The van der Waals surface area contributed by atoms with E-state index >= 15 is 0 Å². The number of hydrogen-bond donors (Lipinski definition) is 2. The second-order valence-electron chi connectivity index (χ2n) is 10.5. The Kier molecular flexibility index (Phi) is 9.90. The first-order valence-corrected chi connectivity index (χ1v) is 11.4. The molecule has 0 aromatic heterocycles. The van der Waals surface area contributed by atoms with Crippen molar-refractivity contribution in [2.45, 2.75) is 97.6 Å². The van der Waals surface area contributed by atoms with Crippen LogP contribution in [0.2, 0.25) is 0 Å². The minimum atomic E-state index is -0.713. The van der Waals surface area contributed by atoms with Crippen LogP contribution in [0.15, 0.2) is 12.7 Å². The smallest absolute Gasteiger partial charge is 0.324 e. The summed E-state index contributed by atoms with van der Waals surface area (Å²) in [6, 6.07) is -1.88. The molecule has 0 spiro atoms. The molecular weight excluding hydrogens is 412 g/mol. The fourth-order valence-electron chi connectivity index (χ4n) is 4.09. The Morgan fingerprint density at radius 2 is 1.66 bits per heavy atom. The van der Waals surface area contributed by atoms with Crippen LogP contribution in [0.1, 0.15) is 68.2 Å². The van der Waals surface area contributed by atoms with Crippen molar-refractivity contribution in [2.75, 3.05) is 13.2 Å². The van der Waals surface area contributed by atoms with Crippen LogP contribution in [0.3, 0.4) is 0 Å². The molecule has 8 heteroatoms. The summed E-state index contributed by atoms with van der Waals surface area (Å²) in [6.07, 6.45) is 2.69. The highest BCUT2D eigenvalue weighted by Crippen LogP contribution is 2.35. The predicted octanol–water partition coefficient (Wildman–Crippen LogP) is 2.44. The molecule has 2 N–H and O–H groups in total. The van der Waals surface area contributed by atoms with Gasteiger partial charge in [-0.1, -0.05) is 19.4 Å². The third kappa shape index (κ3) is 8.20. The SMILES string of the molecule is C=C[C@@H]1C[C@H](C(=O)OC(C)(C)C)N(CC(CC)C(CO)NC(C)=O)[C@H]1C(=O)OC(C)(C)C. The molecular formula is C24H42N2O6. The van der Waals surface area contributed by atoms with E-state index < -0.39 is 41.3 Å². The molecule has 184 valence electrons. The maximum Gasteiger partial charge on any atom is 0.324 e. The molecule has 0 aliphatic carbocycles. The number of aliphatic hydroxyl groups is 1. The summed E-state index contributed by atoms with van der Waals surface area (Å²) in [5.41, 5.74) is -1.36. The lowest BCUT2D eigenvalue weighted by Crippen LogP contribution is -2.53. The average molecular weight is 455 g/mol. The van der Waals surface area contributed by atoms with Crippen LogP contribution < -0.4 is 5.32 Å². The summed E-state index contributed by atoms with van der Waals surface area (Å²) in [4.78, 5) is 39.7. The predicted molar refractivity (Wildman–Crippen MR) is 123 cm³/mol. The minimum Gasteiger partial charge on any atom is -0.459 e. The van der Waals surface area contributed by atoms with Crippen LogP contribution in [-0.2, 0) is 23.9 Å². The number of nitrogens with zero attached hydrogens (tertiary/aromatic N) is 1. The van der Waals surface area contributed by atoms with E-state index in [1.54, 1.807) is 47.6 Å². The second-order valence-corrected chi connectivity index (χ2v) is 10.5. The molecule has 0 bridgehead atoms. The van der Waals surface area contributed by atoms with Gasteiger partial charge in [0.25, 0.3) is 0 Å². The number of aliphatic hydroxyl groups excluding tert-OH is 1. The molecule has 32 heavy (non-hydrogen) atoms. The first-order valence-electron chi connectivity index (χ1n) is 11.4. The quantitative estimate of drug-likeness (QED) is 0.407. The highest BCUT2D eigenvalue weighted by Gasteiger charge is 2.50. The molecule has 1 aliphatic rings. The van der Waals surface area contributed by atoms with E-state index in [2.05, 4.69) is 11.9 Å².